The number of hydrogen-bond acceptors (Lipinski definition) is 6. The number of nitrogens with zero attached hydrogens (tertiary/aromatic N) is 4. The second-order valence-electron chi connectivity index (χ2n) is 8.02. The minimum atomic E-state index is -0.313. The molecule has 164 valence electrons. The summed E-state index contributed by atoms with van der Waals surface area (Å²) in [5, 5.41) is 5.52. The lowest BCUT2D eigenvalue weighted by Crippen LogP contribution is -2.36. The van der Waals surface area contributed by atoms with Gasteiger partial charge in [-0.05, 0) is 49.2 Å². The third-order valence-corrected chi connectivity index (χ3v) is 6.84. The van der Waals surface area contributed by atoms with E-state index in [1.165, 1.54) is 28.2 Å². The van der Waals surface area contributed by atoms with Gasteiger partial charge in [0, 0.05) is 18.7 Å². The molecule has 0 amide bonds. The molecule has 1 saturated heterocycles. The van der Waals surface area contributed by atoms with Crippen molar-refractivity contribution in [3.63, 3.8) is 0 Å². The van der Waals surface area contributed by atoms with Crippen LogP contribution < -0.4 is 10.5 Å². The van der Waals surface area contributed by atoms with Crippen molar-refractivity contribution in [2.75, 3.05) is 31.2 Å². The lowest BCUT2D eigenvalue weighted by atomic mass is 10.1. The largest absolute Gasteiger partial charge is 0.378 e. The first kappa shape index (κ1) is 20.8. The number of aryl methyl sites for hydroxylation is 2. The molecule has 5 rings (SSSR count). The first-order valence-corrected chi connectivity index (χ1v) is 11.4. The number of hydrogen-bond donors (Lipinski definition) is 0. The highest BCUT2D eigenvalue weighted by Crippen LogP contribution is 2.34. The van der Waals surface area contributed by atoms with Crippen LogP contribution in [0.15, 0.2) is 47.3 Å². The number of anilines is 1. The van der Waals surface area contributed by atoms with E-state index in [4.69, 9.17) is 14.8 Å². The van der Waals surface area contributed by atoms with E-state index in [0.717, 1.165) is 45.2 Å². The SMILES string of the molecule is Cc1ccc(C)c(Cn2nc(-c3ccc(F)cc3)c3sc(N4CCOCC4)nc3c2=O)c1. The van der Waals surface area contributed by atoms with Crippen LogP contribution in [-0.2, 0) is 11.3 Å². The molecule has 0 bridgehead atoms. The molecule has 0 radical (unpaired) electrons. The molecule has 2 aromatic carbocycles. The van der Waals surface area contributed by atoms with Crippen molar-refractivity contribution in [3.8, 4) is 11.3 Å². The molecule has 3 heterocycles. The van der Waals surface area contributed by atoms with E-state index < -0.39 is 0 Å². The minimum Gasteiger partial charge on any atom is -0.378 e. The van der Waals surface area contributed by atoms with E-state index in [-0.39, 0.29) is 11.4 Å². The van der Waals surface area contributed by atoms with E-state index in [0.29, 0.717) is 31.0 Å². The highest BCUT2D eigenvalue weighted by atomic mass is 32.1. The van der Waals surface area contributed by atoms with E-state index in [1.54, 1.807) is 12.1 Å². The van der Waals surface area contributed by atoms with Gasteiger partial charge in [0.05, 0.1) is 24.5 Å². The molecule has 2 aromatic heterocycles. The molecule has 1 aliphatic rings. The van der Waals surface area contributed by atoms with Crippen LogP contribution in [0.1, 0.15) is 16.7 Å². The maximum Gasteiger partial charge on any atom is 0.294 e. The van der Waals surface area contributed by atoms with Crippen molar-refractivity contribution in [3.05, 3.63) is 75.3 Å². The molecular weight excluding hydrogens is 427 g/mol. The van der Waals surface area contributed by atoms with Gasteiger partial charge in [-0.3, -0.25) is 4.79 Å². The molecule has 8 heteroatoms. The fourth-order valence-corrected chi connectivity index (χ4v) is 4.99. The standard InChI is InChI=1S/C24H23FN4O2S/c1-15-3-4-16(2)18(13-15)14-29-23(30)21-22(20(27-29)17-5-7-19(25)8-6-17)32-24(26-21)28-9-11-31-12-10-28/h3-8,13H,9-12,14H2,1-2H3. The number of aromatic nitrogens is 3. The molecule has 0 aliphatic carbocycles. The number of rotatable bonds is 4. The van der Waals surface area contributed by atoms with Crippen LogP contribution in [0, 0.1) is 19.7 Å². The van der Waals surface area contributed by atoms with E-state index in [9.17, 15) is 9.18 Å². The molecule has 6 nitrogen and oxygen atoms in total. The molecule has 32 heavy (non-hydrogen) atoms. The quantitative estimate of drug-likeness (QED) is 0.467. The second kappa shape index (κ2) is 8.44. The molecule has 1 fully saturated rings. The second-order valence-corrected chi connectivity index (χ2v) is 9.00. The van der Waals surface area contributed by atoms with Crippen molar-refractivity contribution < 1.29 is 9.13 Å². The van der Waals surface area contributed by atoms with Gasteiger partial charge in [-0.1, -0.05) is 35.1 Å². The summed E-state index contributed by atoms with van der Waals surface area (Å²) in [5.74, 6) is -0.313. The van der Waals surface area contributed by atoms with E-state index in [1.807, 2.05) is 13.8 Å². The van der Waals surface area contributed by atoms with Gasteiger partial charge < -0.3 is 9.64 Å². The Labute approximate surface area is 188 Å². The molecule has 0 atom stereocenters. The first-order chi connectivity index (χ1) is 15.5. The van der Waals surface area contributed by atoms with Gasteiger partial charge in [0.15, 0.2) is 10.6 Å². The van der Waals surface area contributed by atoms with Crippen molar-refractivity contribution in [2.45, 2.75) is 20.4 Å². The summed E-state index contributed by atoms with van der Waals surface area (Å²) in [5.41, 5.74) is 4.83. The summed E-state index contributed by atoms with van der Waals surface area (Å²) in [6.45, 7) is 7.14. The van der Waals surface area contributed by atoms with Crippen LogP contribution in [0.2, 0.25) is 0 Å². The van der Waals surface area contributed by atoms with Crippen LogP contribution in [0.4, 0.5) is 9.52 Å². The fraction of sp³-hybridized carbons (Fsp3) is 0.292. The molecule has 1 aliphatic heterocycles. The van der Waals surface area contributed by atoms with Crippen LogP contribution in [0.3, 0.4) is 0 Å². The number of ether oxygens (including phenoxy) is 1. The van der Waals surface area contributed by atoms with Gasteiger partial charge in [0.2, 0.25) is 0 Å². The summed E-state index contributed by atoms with van der Waals surface area (Å²) in [4.78, 5) is 20.3. The lowest BCUT2D eigenvalue weighted by Gasteiger charge is -2.25. The summed E-state index contributed by atoms with van der Waals surface area (Å²) < 4.78 is 21.2. The Morgan fingerprint density at radius 3 is 2.59 bits per heavy atom. The van der Waals surface area contributed by atoms with Gasteiger partial charge in [0.25, 0.3) is 5.56 Å². The Kier molecular flexibility index (Phi) is 5.48. The number of benzene rings is 2. The Morgan fingerprint density at radius 2 is 1.84 bits per heavy atom. The molecule has 4 aromatic rings. The zero-order valence-electron chi connectivity index (χ0n) is 18.0. The van der Waals surface area contributed by atoms with Gasteiger partial charge in [-0.2, -0.15) is 5.10 Å². The predicted octanol–water partition coefficient (Wildman–Crippen LogP) is 4.16. The summed E-state index contributed by atoms with van der Waals surface area (Å²) in [7, 11) is 0. The topological polar surface area (TPSA) is 60.3 Å². The Balaban J connectivity index is 1.68. The van der Waals surface area contributed by atoms with E-state index >= 15 is 0 Å². The number of morpholine rings is 1. The monoisotopic (exact) mass is 450 g/mol. The van der Waals surface area contributed by atoms with Crippen LogP contribution >= 0.6 is 11.3 Å². The number of thiazole rings is 1. The maximum atomic E-state index is 13.6. The van der Waals surface area contributed by atoms with Crippen LogP contribution in [0.25, 0.3) is 21.5 Å². The highest BCUT2D eigenvalue weighted by molar-refractivity contribution is 7.22. The molecular formula is C24H23FN4O2S. The van der Waals surface area contributed by atoms with Crippen LogP contribution in [-0.4, -0.2) is 41.1 Å². The van der Waals surface area contributed by atoms with Gasteiger partial charge in [0.1, 0.15) is 11.5 Å². The Bertz CT molecular complexity index is 1340. The van der Waals surface area contributed by atoms with Crippen molar-refractivity contribution in [2.24, 2.45) is 0 Å². The van der Waals surface area contributed by atoms with Gasteiger partial charge >= 0.3 is 0 Å². The average Bonchev–Trinajstić information content (AvgIpc) is 3.25. The number of halogens is 1. The van der Waals surface area contributed by atoms with Gasteiger partial charge in [-0.25, -0.2) is 14.1 Å². The predicted molar refractivity (Wildman–Crippen MR) is 125 cm³/mol. The molecule has 0 unspecified atom stereocenters. The lowest BCUT2D eigenvalue weighted by molar-refractivity contribution is 0.122. The van der Waals surface area contributed by atoms with Gasteiger partial charge in [-0.15, -0.1) is 0 Å². The summed E-state index contributed by atoms with van der Waals surface area (Å²) in [6, 6.07) is 12.4. The zero-order chi connectivity index (χ0) is 22.2. The Hall–Kier alpha value is -3.10. The van der Waals surface area contributed by atoms with Crippen LogP contribution in [0.5, 0.6) is 0 Å². The average molecular weight is 451 g/mol. The molecule has 0 N–H and O–H groups in total. The third kappa shape index (κ3) is 3.91. The highest BCUT2D eigenvalue weighted by Gasteiger charge is 2.22. The Morgan fingerprint density at radius 1 is 1.09 bits per heavy atom. The fourth-order valence-electron chi connectivity index (χ4n) is 3.87. The summed E-state index contributed by atoms with van der Waals surface area (Å²) in [6.07, 6.45) is 0. The number of fused-ring (bicyclic) bond motifs is 1. The maximum absolute atomic E-state index is 13.6. The molecule has 0 saturated carbocycles. The van der Waals surface area contributed by atoms with Crippen molar-refractivity contribution in [1.82, 2.24) is 14.8 Å². The molecule has 0 spiro atoms. The zero-order valence-corrected chi connectivity index (χ0v) is 18.8. The first-order valence-electron chi connectivity index (χ1n) is 10.6. The minimum absolute atomic E-state index is 0.220. The smallest absolute Gasteiger partial charge is 0.294 e. The third-order valence-electron chi connectivity index (χ3n) is 5.71. The van der Waals surface area contributed by atoms with Crippen molar-refractivity contribution in [1.29, 1.82) is 0 Å². The summed E-state index contributed by atoms with van der Waals surface area (Å²) >= 11 is 1.45. The van der Waals surface area contributed by atoms with E-state index in [2.05, 4.69) is 23.1 Å². The van der Waals surface area contributed by atoms with Crippen molar-refractivity contribution >= 4 is 26.7 Å². The normalized spacial score (nSPS) is 14.3.